The highest BCUT2D eigenvalue weighted by Gasteiger charge is 2.07. The average molecular weight is 283 g/mol. The van der Waals surface area contributed by atoms with Crippen molar-refractivity contribution in [1.29, 1.82) is 0 Å². The second-order valence-corrected chi connectivity index (χ2v) is 5.19. The molecule has 21 heavy (non-hydrogen) atoms. The van der Waals surface area contributed by atoms with Gasteiger partial charge in [-0.05, 0) is 30.2 Å². The summed E-state index contributed by atoms with van der Waals surface area (Å²) in [4.78, 5) is 17.4. The van der Waals surface area contributed by atoms with Crippen molar-refractivity contribution in [2.24, 2.45) is 0 Å². The first kappa shape index (κ1) is 15.0. The molecule has 0 aliphatic rings. The number of carbonyl (C=O) groups is 1. The van der Waals surface area contributed by atoms with Gasteiger partial charge in [0.2, 0.25) is 5.91 Å². The van der Waals surface area contributed by atoms with Gasteiger partial charge in [0, 0.05) is 44.6 Å². The van der Waals surface area contributed by atoms with Crippen molar-refractivity contribution in [1.82, 2.24) is 9.88 Å². The molecule has 0 aliphatic heterocycles. The first-order valence-electron chi connectivity index (χ1n) is 7.01. The molecule has 4 nitrogen and oxygen atoms in total. The number of hydrogen-bond acceptors (Lipinski definition) is 3. The van der Waals surface area contributed by atoms with Crippen LogP contribution >= 0.6 is 0 Å². The van der Waals surface area contributed by atoms with E-state index >= 15 is 0 Å². The first-order valence-corrected chi connectivity index (χ1v) is 7.01. The molecule has 0 saturated heterocycles. The molecule has 0 bridgehead atoms. The zero-order valence-electron chi connectivity index (χ0n) is 12.8. The largest absolute Gasteiger partial charge is 0.381 e. The topological polar surface area (TPSA) is 45.2 Å². The first-order chi connectivity index (χ1) is 10.1. The number of nitrogens with one attached hydrogen (secondary N) is 1. The van der Waals surface area contributed by atoms with Crippen molar-refractivity contribution >= 4 is 11.6 Å². The number of carbonyl (C=O) groups excluding carboxylic acids is 1. The van der Waals surface area contributed by atoms with E-state index in [1.54, 1.807) is 11.8 Å². The van der Waals surface area contributed by atoms with E-state index in [4.69, 9.17) is 0 Å². The maximum absolute atomic E-state index is 11.4. The van der Waals surface area contributed by atoms with E-state index in [1.807, 2.05) is 50.5 Å². The Labute approximate surface area is 125 Å². The quantitative estimate of drug-likeness (QED) is 0.917. The highest BCUT2D eigenvalue weighted by atomic mass is 16.2. The van der Waals surface area contributed by atoms with Crippen LogP contribution in [-0.2, 0) is 17.9 Å². The lowest BCUT2D eigenvalue weighted by atomic mass is 10.1. The number of aromatic nitrogens is 1. The number of anilines is 1. The molecule has 2 rings (SSSR count). The van der Waals surface area contributed by atoms with E-state index in [0.29, 0.717) is 13.1 Å². The molecule has 0 atom stereocenters. The number of pyridine rings is 1. The molecule has 1 N–H and O–H groups in total. The number of para-hydroxylation sites is 1. The van der Waals surface area contributed by atoms with Crippen LogP contribution in [0.4, 0.5) is 5.69 Å². The normalized spacial score (nSPS) is 10.2. The molecule has 0 aliphatic carbocycles. The Morgan fingerprint density at radius 3 is 2.67 bits per heavy atom. The Morgan fingerprint density at radius 2 is 2.00 bits per heavy atom. The second kappa shape index (κ2) is 6.88. The van der Waals surface area contributed by atoms with E-state index in [0.717, 1.165) is 22.5 Å². The third kappa shape index (κ3) is 4.31. The SMILES string of the molecule is CC(=O)N(C)Cc1ccccc1NCc1ccc(C)nc1. The molecule has 0 radical (unpaired) electrons. The fourth-order valence-corrected chi connectivity index (χ4v) is 2.00. The van der Waals surface area contributed by atoms with Gasteiger partial charge in [-0.2, -0.15) is 0 Å². The Morgan fingerprint density at radius 1 is 1.24 bits per heavy atom. The van der Waals surface area contributed by atoms with Gasteiger partial charge in [0.05, 0.1) is 0 Å². The number of amides is 1. The maximum Gasteiger partial charge on any atom is 0.219 e. The summed E-state index contributed by atoms with van der Waals surface area (Å²) in [7, 11) is 1.81. The Hall–Kier alpha value is -2.36. The van der Waals surface area contributed by atoms with Gasteiger partial charge in [-0.15, -0.1) is 0 Å². The highest BCUT2D eigenvalue weighted by molar-refractivity contribution is 5.73. The van der Waals surface area contributed by atoms with E-state index < -0.39 is 0 Å². The van der Waals surface area contributed by atoms with Crippen LogP contribution in [0.15, 0.2) is 42.6 Å². The van der Waals surface area contributed by atoms with Crippen molar-refractivity contribution in [3.05, 3.63) is 59.4 Å². The van der Waals surface area contributed by atoms with E-state index in [1.165, 1.54) is 0 Å². The maximum atomic E-state index is 11.4. The van der Waals surface area contributed by atoms with Crippen molar-refractivity contribution in [2.45, 2.75) is 26.9 Å². The summed E-state index contributed by atoms with van der Waals surface area (Å²) in [6, 6.07) is 12.1. The number of aryl methyl sites for hydroxylation is 1. The van der Waals surface area contributed by atoms with Crippen LogP contribution in [0.25, 0.3) is 0 Å². The van der Waals surface area contributed by atoms with Crippen LogP contribution in [0.2, 0.25) is 0 Å². The molecule has 0 spiro atoms. The van der Waals surface area contributed by atoms with Crippen LogP contribution in [-0.4, -0.2) is 22.8 Å². The van der Waals surface area contributed by atoms with Crippen molar-refractivity contribution in [3.63, 3.8) is 0 Å². The zero-order chi connectivity index (χ0) is 15.2. The fourth-order valence-electron chi connectivity index (χ4n) is 2.00. The van der Waals surface area contributed by atoms with Crippen molar-refractivity contribution in [3.8, 4) is 0 Å². The number of nitrogens with zero attached hydrogens (tertiary/aromatic N) is 2. The molecule has 0 unspecified atom stereocenters. The van der Waals surface area contributed by atoms with Crippen LogP contribution in [0.5, 0.6) is 0 Å². The predicted molar refractivity (Wildman–Crippen MR) is 84.9 cm³/mol. The summed E-state index contributed by atoms with van der Waals surface area (Å²) in [5, 5.41) is 3.42. The second-order valence-electron chi connectivity index (χ2n) is 5.19. The average Bonchev–Trinajstić information content (AvgIpc) is 2.48. The lowest BCUT2D eigenvalue weighted by Crippen LogP contribution is -2.23. The van der Waals surface area contributed by atoms with E-state index in [-0.39, 0.29) is 5.91 Å². The third-order valence-corrected chi connectivity index (χ3v) is 3.42. The van der Waals surface area contributed by atoms with Crippen molar-refractivity contribution in [2.75, 3.05) is 12.4 Å². The molecule has 0 saturated carbocycles. The molecule has 1 aromatic heterocycles. The van der Waals surface area contributed by atoms with Crippen LogP contribution < -0.4 is 5.32 Å². The van der Waals surface area contributed by atoms with Gasteiger partial charge in [-0.3, -0.25) is 9.78 Å². The number of benzene rings is 1. The summed E-state index contributed by atoms with van der Waals surface area (Å²) in [6.45, 7) is 4.87. The fraction of sp³-hybridized carbons (Fsp3) is 0.294. The minimum Gasteiger partial charge on any atom is -0.381 e. The molecule has 1 heterocycles. The number of rotatable bonds is 5. The van der Waals surface area contributed by atoms with Gasteiger partial charge in [0.15, 0.2) is 0 Å². The third-order valence-electron chi connectivity index (χ3n) is 3.42. The minimum atomic E-state index is 0.0625. The Kier molecular flexibility index (Phi) is 4.93. The van der Waals surface area contributed by atoms with Gasteiger partial charge >= 0.3 is 0 Å². The van der Waals surface area contributed by atoms with Crippen LogP contribution in [0.3, 0.4) is 0 Å². The lowest BCUT2D eigenvalue weighted by Gasteiger charge is -2.18. The monoisotopic (exact) mass is 283 g/mol. The zero-order valence-corrected chi connectivity index (χ0v) is 12.8. The van der Waals surface area contributed by atoms with Gasteiger partial charge in [-0.25, -0.2) is 0 Å². The number of hydrogen-bond donors (Lipinski definition) is 1. The van der Waals surface area contributed by atoms with Gasteiger partial charge in [0.25, 0.3) is 0 Å². The van der Waals surface area contributed by atoms with E-state index in [9.17, 15) is 4.79 Å². The standard InChI is InChI=1S/C17H21N3O/c1-13-8-9-15(10-18-13)11-19-17-7-5-4-6-16(17)12-20(3)14(2)21/h4-10,19H,11-12H2,1-3H3. The summed E-state index contributed by atoms with van der Waals surface area (Å²) >= 11 is 0. The molecular weight excluding hydrogens is 262 g/mol. The molecule has 2 aromatic rings. The van der Waals surface area contributed by atoms with Gasteiger partial charge in [0.1, 0.15) is 0 Å². The molecule has 4 heteroatoms. The minimum absolute atomic E-state index is 0.0625. The van der Waals surface area contributed by atoms with Crippen molar-refractivity contribution < 1.29 is 4.79 Å². The molecule has 110 valence electrons. The Bertz CT molecular complexity index is 608. The molecule has 0 fully saturated rings. The smallest absolute Gasteiger partial charge is 0.219 e. The van der Waals surface area contributed by atoms with E-state index in [2.05, 4.69) is 16.4 Å². The Balaban J connectivity index is 2.06. The van der Waals surface area contributed by atoms with Gasteiger partial charge in [-0.1, -0.05) is 24.3 Å². The summed E-state index contributed by atoms with van der Waals surface area (Å²) in [5.74, 6) is 0.0625. The summed E-state index contributed by atoms with van der Waals surface area (Å²) in [6.07, 6.45) is 1.88. The van der Waals surface area contributed by atoms with Crippen LogP contribution in [0.1, 0.15) is 23.7 Å². The molecule has 1 amide bonds. The summed E-state index contributed by atoms with van der Waals surface area (Å²) < 4.78 is 0. The molecular formula is C17H21N3O. The molecule has 1 aromatic carbocycles. The van der Waals surface area contributed by atoms with Crippen LogP contribution in [0, 0.1) is 6.92 Å². The predicted octanol–water partition coefficient (Wildman–Crippen LogP) is 2.98. The highest BCUT2D eigenvalue weighted by Crippen LogP contribution is 2.17. The van der Waals surface area contributed by atoms with Gasteiger partial charge < -0.3 is 10.2 Å². The lowest BCUT2D eigenvalue weighted by molar-refractivity contribution is -0.128. The summed E-state index contributed by atoms with van der Waals surface area (Å²) in [5.41, 5.74) is 4.30.